The Morgan fingerprint density at radius 3 is 2.91 bits per heavy atom. The third-order valence-electron chi connectivity index (χ3n) is 3.14. The molecule has 124 valence electrons. The number of carbonyl (C=O) groups excluding carboxylic acids is 1. The normalized spacial score (nSPS) is 10.7. The molecule has 7 nitrogen and oxygen atoms in total. The van der Waals surface area contributed by atoms with Crippen LogP contribution < -0.4 is 15.4 Å². The van der Waals surface area contributed by atoms with Crippen molar-refractivity contribution >= 4 is 11.7 Å². The lowest BCUT2D eigenvalue weighted by Crippen LogP contribution is -2.28. The summed E-state index contributed by atoms with van der Waals surface area (Å²) in [5.41, 5.74) is 2.03. The molecule has 0 aromatic carbocycles. The van der Waals surface area contributed by atoms with Crippen molar-refractivity contribution in [1.29, 1.82) is 0 Å². The molecule has 0 aliphatic heterocycles. The van der Waals surface area contributed by atoms with Gasteiger partial charge in [0.15, 0.2) is 6.61 Å². The quantitative estimate of drug-likeness (QED) is 0.852. The smallest absolute Gasteiger partial charge is 0.319 e. The number of urea groups is 1. The van der Waals surface area contributed by atoms with Crippen molar-refractivity contribution in [2.45, 2.75) is 19.9 Å². The molecule has 0 aliphatic rings. The Balaban J connectivity index is 1.93. The lowest BCUT2D eigenvalue weighted by atomic mass is 10.2. The number of aromatic nitrogens is 3. The van der Waals surface area contributed by atoms with Gasteiger partial charge in [0.1, 0.15) is 5.69 Å². The van der Waals surface area contributed by atoms with Crippen LogP contribution in [0.3, 0.4) is 0 Å². The van der Waals surface area contributed by atoms with E-state index >= 15 is 0 Å². The van der Waals surface area contributed by atoms with Gasteiger partial charge < -0.3 is 15.4 Å². The number of aryl methyl sites for hydroxylation is 1. The standard InChI is InChI=1S/C14H17F2N5O2/c1-9-10(7-19-21(9)2)6-18-14(22)20-11-4-3-5-17-13(11)23-8-12(15)16/h3-5,7,12H,6,8H2,1-2H3,(H2,18,20,22). The maximum Gasteiger partial charge on any atom is 0.319 e. The first kappa shape index (κ1) is 16.7. The van der Waals surface area contributed by atoms with E-state index in [4.69, 9.17) is 4.74 Å². The summed E-state index contributed by atoms with van der Waals surface area (Å²) in [6, 6.07) is 2.59. The minimum atomic E-state index is -2.62. The molecule has 0 saturated heterocycles. The number of ether oxygens (including phenoxy) is 1. The summed E-state index contributed by atoms with van der Waals surface area (Å²) in [6.07, 6.45) is 0.437. The molecule has 2 N–H and O–H groups in total. The van der Waals surface area contributed by atoms with Gasteiger partial charge in [0.2, 0.25) is 5.88 Å². The molecule has 0 spiro atoms. The van der Waals surface area contributed by atoms with Crippen molar-refractivity contribution in [2.75, 3.05) is 11.9 Å². The minimum absolute atomic E-state index is 0.0551. The first-order chi connectivity index (χ1) is 11.0. The van der Waals surface area contributed by atoms with E-state index in [0.29, 0.717) is 6.54 Å². The molecule has 0 unspecified atom stereocenters. The number of halogens is 2. The second kappa shape index (κ2) is 7.52. The van der Waals surface area contributed by atoms with Crippen molar-refractivity contribution in [2.24, 2.45) is 7.05 Å². The highest BCUT2D eigenvalue weighted by Gasteiger charge is 2.12. The zero-order valence-electron chi connectivity index (χ0n) is 12.7. The molecule has 2 aromatic rings. The Morgan fingerprint density at radius 1 is 1.48 bits per heavy atom. The Kier molecular flexibility index (Phi) is 5.45. The van der Waals surface area contributed by atoms with Crippen LogP contribution in [0.15, 0.2) is 24.5 Å². The fourth-order valence-corrected chi connectivity index (χ4v) is 1.80. The average molecular weight is 325 g/mol. The van der Waals surface area contributed by atoms with Crippen LogP contribution in [-0.4, -0.2) is 33.8 Å². The number of amides is 2. The number of nitrogens with one attached hydrogen (secondary N) is 2. The number of rotatable bonds is 6. The molecule has 2 amide bonds. The summed E-state index contributed by atoms with van der Waals surface area (Å²) in [5, 5.41) is 9.26. The molecule has 0 saturated carbocycles. The molecule has 2 rings (SSSR count). The van der Waals surface area contributed by atoms with Gasteiger partial charge in [0, 0.05) is 31.0 Å². The maximum atomic E-state index is 12.2. The molecule has 2 heterocycles. The van der Waals surface area contributed by atoms with Gasteiger partial charge in [-0.3, -0.25) is 4.68 Å². The second-order valence-corrected chi connectivity index (χ2v) is 4.74. The zero-order valence-corrected chi connectivity index (χ0v) is 12.7. The van der Waals surface area contributed by atoms with Gasteiger partial charge in [0.25, 0.3) is 6.43 Å². The SMILES string of the molecule is Cc1c(CNC(=O)Nc2cccnc2OCC(F)F)cnn1C. The lowest BCUT2D eigenvalue weighted by Gasteiger charge is -2.11. The first-order valence-electron chi connectivity index (χ1n) is 6.85. The number of hydrogen-bond acceptors (Lipinski definition) is 4. The first-order valence-corrected chi connectivity index (χ1v) is 6.85. The highest BCUT2D eigenvalue weighted by atomic mass is 19.3. The van der Waals surface area contributed by atoms with Gasteiger partial charge in [-0.25, -0.2) is 18.6 Å². The monoisotopic (exact) mass is 325 g/mol. The van der Waals surface area contributed by atoms with E-state index in [1.54, 1.807) is 24.0 Å². The maximum absolute atomic E-state index is 12.2. The van der Waals surface area contributed by atoms with E-state index in [-0.39, 0.29) is 11.6 Å². The molecule has 0 atom stereocenters. The fraction of sp³-hybridized carbons (Fsp3) is 0.357. The van der Waals surface area contributed by atoms with Gasteiger partial charge in [-0.2, -0.15) is 5.10 Å². The molecule has 0 fully saturated rings. The summed E-state index contributed by atoms with van der Waals surface area (Å²) < 4.78 is 31.0. The van der Waals surface area contributed by atoms with Gasteiger partial charge in [-0.15, -0.1) is 0 Å². The van der Waals surface area contributed by atoms with Crippen LogP contribution >= 0.6 is 0 Å². The van der Waals surface area contributed by atoms with Crippen LogP contribution in [0.1, 0.15) is 11.3 Å². The van der Waals surface area contributed by atoms with Gasteiger partial charge in [-0.1, -0.05) is 0 Å². The predicted molar refractivity (Wildman–Crippen MR) is 79.5 cm³/mol. The van der Waals surface area contributed by atoms with Crippen LogP contribution in [0.4, 0.5) is 19.3 Å². The zero-order chi connectivity index (χ0) is 16.8. The Hall–Kier alpha value is -2.71. The van der Waals surface area contributed by atoms with Gasteiger partial charge >= 0.3 is 6.03 Å². The molecular formula is C14H17F2N5O2. The van der Waals surface area contributed by atoms with Crippen molar-refractivity contribution in [3.8, 4) is 5.88 Å². The third-order valence-corrected chi connectivity index (χ3v) is 3.14. The molecule has 23 heavy (non-hydrogen) atoms. The topological polar surface area (TPSA) is 81.1 Å². The number of alkyl halides is 2. The van der Waals surface area contributed by atoms with Gasteiger partial charge in [-0.05, 0) is 19.1 Å². The molecule has 2 aromatic heterocycles. The van der Waals surface area contributed by atoms with E-state index in [1.165, 1.54) is 12.3 Å². The van der Waals surface area contributed by atoms with E-state index in [0.717, 1.165) is 11.3 Å². The molecule has 0 aliphatic carbocycles. The van der Waals surface area contributed by atoms with Gasteiger partial charge in [0.05, 0.1) is 6.20 Å². The average Bonchev–Trinajstić information content (AvgIpc) is 2.83. The minimum Gasteiger partial charge on any atom is -0.470 e. The number of hydrogen-bond donors (Lipinski definition) is 2. The van der Waals surface area contributed by atoms with E-state index in [1.807, 2.05) is 6.92 Å². The van der Waals surface area contributed by atoms with Crippen molar-refractivity contribution in [3.05, 3.63) is 35.8 Å². The summed E-state index contributed by atoms with van der Waals surface area (Å²) in [7, 11) is 1.81. The Bertz CT molecular complexity index is 675. The number of carbonyl (C=O) groups is 1. The number of nitrogens with zero attached hydrogens (tertiary/aromatic N) is 3. The molecule has 9 heteroatoms. The highest BCUT2D eigenvalue weighted by Crippen LogP contribution is 2.20. The van der Waals surface area contributed by atoms with Crippen molar-refractivity contribution in [1.82, 2.24) is 20.1 Å². The third kappa shape index (κ3) is 4.63. The summed E-state index contributed by atoms with van der Waals surface area (Å²) in [4.78, 5) is 15.7. The summed E-state index contributed by atoms with van der Waals surface area (Å²) >= 11 is 0. The Morgan fingerprint density at radius 2 is 2.26 bits per heavy atom. The number of anilines is 1. The largest absolute Gasteiger partial charge is 0.470 e. The predicted octanol–water partition coefficient (Wildman–Crippen LogP) is 2.09. The summed E-state index contributed by atoms with van der Waals surface area (Å²) in [5.74, 6) is -0.0551. The molecule has 0 bridgehead atoms. The van der Waals surface area contributed by atoms with Crippen LogP contribution in [0.2, 0.25) is 0 Å². The fourth-order valence-electron chi connectivity index (χ4n) is 1.80. The Labute approximate surface area is 131 Å². The summed E-state index contributed by atoms with van der Waals surface area (Å²) in [6.45, 7) is 1.39. The highest BCUT2D eigenvalue weighted by molar-refractivity contribution is 5.90. The molecular weight excluding hydrogens is 308 g/mol. The lowest BCUT2D eigenvalue weighted by molar-refractivity contribution is 0.0800. The van der Waals surface area contributed by atoms with E-state index in [9.17, 15) is 13.6 Å². The van der Waals surface area contributed by atoms with Crippen LogP contribution in [0.25, 0.3) is 0 Å². The van der Waals surface area contributed by atoms with Crippen molar-refractivity contribution < 1.29 is 18.3 Å². The molecule has 0 radical (unpaired) electrons. The van der Waals surface area contributed by atoms with Crippen LogP contribution in [-0.2, 0) is 13.6 Å². The van der Waals surface area contributed by atoms with E-state index in [2.05, 4.69) is 20.7 Å². The number of pyridine rings is 1. The van der Waals surface area contributed by atoms with E-state index < -0.39 is 19.1 Å². The second-order valence-electron chi connectivity index (χ2n) is 4.74. The van der Waals surface area contributed by atoms with Crippen molar-refractivity contribution in [3.63, 3.8) is 0 Å². The van der Waals surface area contributed by atoms with Crippen LogP contribution in [0.5, 0.6) is 5.88 Å². The van der Waals surface area contributed by atoms with Crippen LogP contribution in [0, 0.1) is 6.92 Å².